The number of carbonyl (C=O) groups excluding carboxylic acids is 2. The van der Waals surface area contributed by atoms with Gasteiger partial charge in [-0.3, -0.25) is 19.5 Å². The highest BCUT2D eigenvalue weighted by Crippen LogP contribution is 2.42. The van der Waals surface area contributed by atoms with Gasteiger partial charge in [-0.2, -0.15) is 0 Å². The quantitative estimate of drug-likeness (QED) is 0.156. The number of amides is 1. The first kappa shape index (κ1) is 27.3. The maximum absolute atomic E-state index is 13.5. The van der Waals surface area contributed by atoms with Gasteiger partial charge >= 0.3 is 0 Å². The van der Waals surface area contributed by atoms with E-state index in [0.717, 1.165) is 42.7 Å². The summed E-state index contributed by atoms with van der Waals surface area (Å²) in [6.45, 7) is 4.31. The number of aromatic nitrogens is 1. The third kappa shape index (κ3) is 5.38. The van der Waals surface area contributed by atoms with Crippen LogP contribution in [-0.2, 0) is 16.2 Å². The zero-order chi connectivity index (χ0) is 29.1. The molecule has 2 aliphatic rings. The van der Waals surface area contributed by atoms with Crippen LogP contribution >= 0.6 is 0 Å². The van der Waals surface area contributed by atoms with Crippen molar-refractivity contribution in [1.29, 1.82) is 0 Å². The average Bonchev–Trinajstić information content (AvgIpc) is 3.31. The molecule has 2 fully saturated rings. The van der Waals surface area contributed by atoms with E-state index >= 15 is 0 Å². The standard InChI is InChI=1S/C35H33N3O4/c1-24-22-26(13-18-30(24)42-23-25-10-4-2-5-11-25)33(39)31-32(29-12-6-7-19-36-29)38(35(41)34(31)40)28-16-14-27(15-17-28)37-20-8-3-9-21-37/h2,4-7,10-19,22,32,39H,3,8-9,20-21,23H2,1H3/b33-31-. The van der Waals surface area contributed by atoms with E-state index < -0.39 is 17.7 Å². The van der Waals surface area contributed by atoms with Crippen molar-refractivity contribution < 1.29 is 19.4 Å². The highest BCUT2D eigenvalue weighted by molar-refractivity contribution is 6.51. The Morgan fingerprint density at radius 3 is 2.29 bits per heavy atom. The minimum absolute atomic E-state index is 0.0103. The first-order chi connectivity index (χ1) is 20.5. The lowest BCUT2D eigenvalue weighted by Gasteiger charge is -2.30. The van der Waals surface area contributed by atoms with Crippen molar-refractivity contribution in [1.82, 2.24) is 4.98 Å². The summed E-state index contributed by atoms with van der Waals surface area (Å²) in [6, 6.07) is 27.3. The smallest absolute Gasteiger partial charge is 0.300 e. The number of Topliss-reactive ketones (excluding diaryl/α,β-unsaturated/α-hetero) is 1. The van der Waals surface area contributed by atoms with Gasteiger partial charge in [0.25, 0.3) is 11.7 Å². The number of carbonyl (C=O) groups is 2. The molecule has 0 saturated carbocycles. The number of rotatable bonds is 7. The van der Waals surface area contributed by atoms with Crippen molar-refractivity contribution in [3.05, 3.63) is 125 Å². The van der Waals surface area contributed by atoms with Gasteiger partial charge in [-0.15, -0.1) is 0 Å². The molecule has 1 atom stereocenters. The van der Waals surface area contributed by atoms with E-state index in [2.05, 4.69) is 9.88 Å². The summed E-state index contributed by atoms with van der Waals surface area (Å²) in [6.07, 6.45) is 5.19. The number of piperidine rings is 1. The van der Waals surface area contributed by atoms with Crippen LogP contribution in [-0.4, -0.2) is 34.9 Å². The van der Waals surface area contributed by atoms with Gasteiger partial charge in [0.1, 0.15) is 24.2 Å². The van der Waals surface area contributed by atoms with Gasteiger partial charge in [0.15, 0.2) is 0 Å². The molecule has 1 amide bonds. The number of ether oxygens (including phenoxy) is 1. The van der Waals surface area contributed by atoms with Gasteiger partial charge in [0, 0.05) is 36.2 Å². The second kappa shape index (κ2) is 11.9. The van der Waals surface area contributed by atoms with Crippen LogP contribution in [0.4, 0.5) is 11.4 Å². The molecule has 2 aliphatic heterocycles. The summed E-state index contributed by atoms with van der Waals surface area (Å²) in [4.78, 5) is 35.4. The Morgan fingerprint density at radius 2 is 1.60 bits per heavy atom. The van der Waals surface area contributed by atoms with Gasteiger partial charge in [-0.05, 0) is 91.9 Å². The summed E-state index contributed by atoms with van der Waals surface area (Å²) < 4.78 is 6.00. The molecule has 0 aliphatic carbocycles. The Hall–Kier alpha value is -4.91. The average molecular weight is 560 g/mol. The van der Waals surface area contributed by atoms with Gasteiger partial charge in [-0.1, -0.05) is 36.4 Å². The topological polar surface area (TPSA) is 83.0 Å². The zero-order valence-electron chi connectivity index (χ0n) is 23.6. The molecule has 0 bridgehead atoms. The molecular formula is C35H33N3O4. The largest absolute Gasteiger partial charge is 0.507 e. The third-order valence-corrected chi connectivity index (χ3v) is 7.95. The predicted molar refractivity (Wildman–Crippen MR) is 163 cm³/mol. The Kier molecular flexibility index (Phi) is 7.73. The molecule has 7 heteroatoms. The number of hydrogen-bond acceptors (Lipinski definition) is 6. The lowest BCUT2D eigenvalue weighted by molar-refractivity contribution is -0.132. The van der Waals surface area contributed by atoms with Crippen LogP contribution in [0, 0.1) is 6.92 Å². The van der Waals surface area contributed by atoms with Crippen molar-refractivity contribution in [3.8, 4) is 5.75 Å². The SMILES string of the molecule is Cc1cc(/C(O)=C2/C(=O)C(=O)N(c3ccc(N4CCCCC4)cc3)C2c2ccccn2)ccc1OCc1ccccc1. The molecule has 7 nitrogen and oxygen atoms in total. The van der Waals surface area contributed by atoms with Crippen molar-refractivity contribution in [2.45, 2.75) is 38.8 Å². The number of nitrogens with zero attached hydrogens (tertiary/aromatic N) is 3. The Balaban J connectivity index is 1.34. The molecule has 0 spiro atoms. The van der Waals surface area contributed by atoms with E-state index in [9.17, 15) is 14.7 Å². The summed E-state index contributed by atoms with van der Waals surface area (Å²) >= 11 is 0. The minimum atomic E-state index is -0.874. The second-order valence-corrected chi connectivity index (χ2v) is 10.7. The normalized spacial score (nSPS) is 18.4. The number of anilines is 2. The highest BCUT2D eigenvalue weighted by atomic mass is 16.5. The molecule has 1 aromatic heterocycles. The van der Waals surface area contributed by atoms with Gasteiger partial charge in [-0.25, -0.2) is 0 Å². The predicted octanol–water partition coefficient (Wildman–Crippen LogP) is 6.59. The summed E-state index contributed by atoms with van der Waals surface area (Å²) in [5.74, 6) is -1.01. The maximum Gasteiger partial charge on any atom is 0.300 e. The van der Waals surface area contributed by atoms with Gasteiger partial charge in [0.05, 0.1) is 11.3 Å². The molecule has 42 heavy (non-hydrogen) atoms. The first-order valence-electron chi connectivity index (χ1n) is 14.4. The molecule has 2 saturated heterocycles. The van der Waals surface area contributed by atoms with E-state index in [1.165, 1.54) is 11.3 Å². The number of aliphatic hydroxyl groups excluding tert-OH is 1. The van der Waals surface area contributed by atoms with Crippen molar-refractivity contribution >= 4 is 28.8 Å². The number of aryl methyl sites for hydroxylation is 1. The van der Waals surface area contributed by atoms with Crippen LogP contribution in [0.15, 0.2) is 103 Å². The highest BCUT2D eigenvalue weighted by Gasteiger charge is 2.47. The lowest BCUT2D eigenvalue weighted by atomic mass is 9.97. The summed E-state index contributed by atoms with van der Waals surface area (Å²) in [5, 5.41) is 11.5. The first-order valence-corrected chi connectivity index (χ1v) is 14.4. The number of benzene rings is 3. The van der Waals surface area contributed by atoms with E-state index in [0.29, 0.717) is 29.3 Å². The molecule has 3 heterocycles. The number of aliphatic hydroxyl groups is 1. The van der Waals surface area contributed by atoms with Crippen LogP contribution in [0.5, 0.6) is 5.75 Å². The van der Waals surface area contributed by atoms with E-state index in [-0.39, 0.29) is 11.3 Å². The maximum atomic E-state index is 13.5. The Bertz CT molecular complexity index is 1610. The van der Waals surface area contributed by atoms with Crippen LogP contribution in [0.2, 0.25) is 0 Å². The van der Waals surface area contributed by atoms with E-state index in [1.54, 1.807) is 36.5 Å². The number of ketones is 1. The molecular weight excluding hydrogens is 526 g/mol. The van der Waals surface area contributed by atoms with E-state index in [1.807, 2.05) is 67.6 Å². The molecule has 6 rings (SSSR count). The second-order valence-electron chi connectivity index (χ2n) is 10.7. The van der Waals surface area contributed by atoms with E-state index in [4.69, 9.17) is 4.74 Å². The third-order valence-electron chi connectivity index (χ3n) is 7.95. The summed E-state index contributed by atoms with van der Waals surface area (Å²) in [5.41, 5.74) is 4.45. The molecule has 1 N–H and O–H groups in total. The van der Waals surface area contributed by atoms with Gasteiger partial charge in [0.2, 0.25) is 0 Å². The number of pyridine rings is 1. The van der Waals surface area contributed by atoms with Crippen molar-refractivity contribution in [2.75, 3.05) is 22.9 Å². The van der Waals surface area contributed by atoms with Crippen LogP contribution in [0.1, 0.15) is 47.7 Å². The van der Waals surface area contributed by atoms with Crippen LogP contribution in [0.3, 0.4) is 0 Å². The minimum Gasteiger partial charge on any atom is -0.507 e. The summed E-state index contributed by atoms with van der Waals surface area (Å²) in [7, 11) is 0. The lowest BCUT2D eigenvalue weighted by Crippen LogP contribution is -2.31. The number of hydrogen-bond donors (Lipinski definition) is 1. The molecule has 212 valence electrons. The monoisotopic (exact) mass is 559 g/mol. The molecule has 1 unspecified atom stereocenters. The fourth-order valence-electron chi connectivity index (χ4n) is 5.74. The van der Waals surface area contributed by atoms with Crippen LogP contribution < -0.4 is 14.5 Å². The fraction of sp³-hybridized carbons (Fsp3) is 0.229. The van der Waals surface area contributed by atoms with Crippen molar-refractivity contribution in [3.63, 3.8) is 0 Å². The van der Waals surface area contributed by atoms with Crippen molar-refractivity contribution in [2.24, 2.45) is 0 Å². The molecule has 3 aromatic carbocycles. The molecule has 4 aromatic rings. The van der Waals surface area contributed by atoms with Crippen LogP contribution in [0.25, 0.3) is 5.76 Å². The van der Waals surface area contributed by atoms with Gasteiger partial charge < -0.3 is 14.7 Å². The zero-order valence-corrected chi connectivity index (χ0v) is 23.6. The fourth-order valence-corrected chi connectivity index (χ4v) is 5.74. The molecule has 0 radical (unpaired) electrons. The Labute approximate surface area is 245 Å². The Morgan fingerprint density at radius 1 is 0.881 bits per heavy atom.